The molecule has 0 atom stereocenters. The Bertz CT molecular complexity index is 933. The van der Waals surface area contributed by atoms with Crippen molar-refractivity contribution in [2.75, 3.05) is 24.5 Å². The van der Waals surface area contributed by atoms with E-state index in [-0.39, 0.29) is 12.5 Å². The van der Waals surface area contributed by atoms with Crippen LogP contribution in [0.2, 0.25) is 0 Å². The number of carbonyl (C=O) groups is 1. The van der Waals surface area contributed by atoms with Gasteiger partial charge in [-0.05, 0) is 30.9 Å². The molecule has 3 aromatic heterocycles. The van der Waals surface area contributed by atoms with Crippen molar-refractivity contribution in [3.8, 4) is 21.9 Å². The molecule has 0 saturated carbocycles. The largest absolute Gasteiger partial charge is 0.356 e. The minimum atomic E-state index is -0.0151. The van der Waals surface area contributed by atoms with Crippen LogP contribution in [0.25, 0.3) is 21.9 Å². The zero-order chi connectivity index (χ0) is 17.4. The molecule has 0 aromatic carbocycles. The Kier molecular flexibility index (Phi) is 3.96. The topological polar surface area (TPSA) is 84.2 Å². The van der Waals surface area contributed by atoms with Gasteiger partial charge in [-0.3, -0.25) is 4.79 Å². The van der Waals surface area contributed by atoms with Gasteiger partial charge >= 0.3 is 0 Å². The quantitative estimate of drug-likeness (QED) is 0.777. The maximum atomic E-state index is 11.7. The van der Waals surface area contributed by atoms with Gasteiger partial charge in [-0.25, -0.2) is 9.97 Å². The summed E-state index contributed by atoms with van der Waals surface area (Å²) in [6, 6.07) is 3.94. The lowest BCUT2D eigenvalue weighted by Gasteiger charge is -2.27. The Morgan fingerprint density at radius 2 is 2.24 bits per heavy atom. The summed E-state index contributed by atoms with van der Waals surface area (Å²) in [5.74, 6) is 1.18. The number of nitrogens with one attached hydrogen (secondary N) is 1. The highest BCUT2D eigenvalue weighted by molar-refractivity contribution is 7.13. The van der Waals surface area contributed by atoms with E-state index in [4.69, 9.17) is 9.51 Å². The molecule has 0 bridgehead atoms. The number of hydrogen-bond donors (Lipinski definition) is 1. The number of carbonyl (C=O) groups excluding carboxylic acids is 1. The normalized spacial score (nSPS) is 14.6. The molecule has 0 spiro atoms. The summed E-state index contributed by atoms with van der Waals surface area (Å²) in [5.41, 5.74) is 3.56. The van der Waals surface area contributed by atoms with E-state index in [9.17, 15) is 4.79 Å². The molecular formula is C17H17N5O2S. The molecule has 1 amide bonds. The first-order valence-corrected chi connectivity index (χ1v) is 8.86. The first-order chi connectivity index (χ1) is 12.1. The maximum Gasteiger partial charge on any atom is 0.239 e. The molecule has 4 rings (SSSR count). The van der Waals surface area contributed by atoms with E-state index < -0.39 is 0 Å². The summed E-state index contributed by atoms with van der Waals surface area (Å²) in [5, 5.41) is 8.82. The lowest BCUT2D eigenvalue weighted by atomic mass is 10.1. The van der Waals surface area contributed by atoms with Crippen molar-refractivity contribution in [1.82, 2.24) is 20.4 Å². The minimum Gasteiger partial charge on any atom is -0.356 e. The van der Waals surface area contributed by atoms with Crippen molar-refractivity contribution in [2.24, 2.45) is 0 Å². The molecule has 1 N–H and O–H groups in total. The van der Waals surface area contributed by atoms with E-state index in [0.29, 0.717) is 24.8 Å². The van der Waals surface area contributed by atoms with Gasteiger partial charge in [-0.1, -0.05) is 5.16 Å². The average Bonchev–Trinajstić information content (AvgIpc) is 3.22. The summed E-state index contributed by atoms with van der Waals surface area (Å²) in [6.45, 7) is 5.49. The predicted molar refractivity (Wildman–Crippen MR) is 95.5 cm³/mol. The highest BCUT2D eigenvalue weighted by Crippen LogP contribution is 2.36. The third kappa shape index (κ3) is 3.00. The number of rotatable bonds is 3. The van der Waals surface area contributed by atoms with Crippen LogP contribution in [0, 0.1) is 13.8 Å². The summed E-state index contributed by atoms with van der Waals surface area (Å²) in [4.78, 5) is 23.9. The Hall–Kier alpha value is -2.74. The first-order valence-electron chi connectivity index (χ1n) is 7.98. The zero-order valence-corrected chi connectivity index (χ0v) is 14.8. The Morgan fingerprint density at radius 1 is 1.36 bits per heavy atom. The van der Waals surface area contributed by atoms with Gasteiger partial charge in [0.1, 0.15) is 0 Å². The second-order valence-electron chi connectivity index (χ2n) is 5.97. The fourth-order valence-electron chi connectivity index (χ4n) is 2.79. The van der Waals surface area contributed by atoms with Crippen LogP contribution in [-0.4, -0.2) is 40.7 Å². The van der Waals surface area contributed by atoms with Gasteiger partial charge in [0.15, 0.2) is 5.76 Å². The summed E-state index contributed by atoms with van der Waals surface area (Å²) < 4.78 is 5.43. The fourth-order valence-corrected chi connectivity index (χ4v) is 3.72. The minimum absolute atomic E-state index is 0.0151. The Morgan fingerprint density at radius 3 is 2.92 bits per heavy atom. The first kappa shape index (κ1) is 15.8. The van der Waals surface area contributed by atoms with Crippen LogP contribution in [0.4, 0.5) is 5.95 Å². The Labute approximate surface area is 148 Å². The number of piperazine rings is 1. The third-order valence-electron chi connectivity index (χ3n) is 4.07. The molecule has 1 fully saturated rings. The third-order valence-corrected chi connectivity index (χ3v) is 5.09. The number of aryl methyl sites for hydroxylation is 2. The van der Waals surface area contributed by atoms with Crippen LogP contribution in [0.1, 0.15) is 11.3 Å². The van der Waals surface area contributed by atoms with Crippen LogP contribution in [0.15, 0.2) is 28.2 Å². The van der Waals surface area contributed by atoms with Crippen molar-refractivity contribution in [3.05, 3.63) is 35.0 Å². The van der Waals surface area contributed by atoms with Crippen molar-refractivity contribution in [2.45, 2.75) is 13.8 Å². The fraction of sp³-hybridized carbons (Fsp3) is 0.294. The number of anilines is 1. The number of thiophene rings is 1. The summed E-state index contributed by atoms with van der Waals surface area (Å²) in [7, 11) is 0. The summed E-state index contributed by atoms with van der Waals surface area (Å²) >= 11 is 1.62. The van der Waals surface area contributed by atoms with E-state index >= 15 is 0 Å². The van der Waals surface area contributed by atoms with Crippen LogP contribution in [0.3, 0.4) is 0 Å². The van der Waals surface area contributed by atoms with Gasteiger partial charge in [0, 0.05) is 25.4 Å². The number of hydrogen-bond acceptors (Lipinski definition) is 7. The number of aromatic nitrogens is 3. The van der Waals surface area contributed by atoms with Gasteiger partial charge in [0.25, 0.3) is 0 Å². The smallest absolute Gasteiger partial charge is 0.239 e. The van der Waals surface area contributed by atoms with E-state index in [1.807, 2.05) is 23.3 Å². The maximum absolute atomic E-state index is 11.7. The lowest BCUT2D eigenvalue weighted by Crippen LogP contribution is -2.48. The van der Waals surface area contributed by atoms with Crippen molar-refractivity contribution < 1.29 is 9.32 Å². The van der Waals surface area contributed by atoms with Crippen molar-refractivity contribution in [3.63, 3.8) is 0 Å². The molecule has 4 heterocycles. The van der Waals surface area contributed by atoms with Crippen molar-refractivity contribution >= 4 is 23.2 Å². The number of amides is 1. The second kappa shape index (κ2) is 6.29. The second-order valence-corrected chi connectivity index (χ2v) is 6.89. The van der Waals surface area contributed by atoms with Gasteiger partial charge in [0.2, 0.25) is 11.9 Å². The molecule has 1 aliphatic heterocycles. The molecule has 1 aliphatic rings. The van der Waals surface area contributed by atoms with Gasteiger partial charge in [-0.15, -0.1) is 11.3 Å². The van der Waals surface area contributed by atoms with Crippen molar-refractivity contribution in [1.29, 1.82) is 0 Å². The molecule has 0 unspecified atom stereocenters. The standard InChI is InChI=1S/C17H17N5O2S/c1-10-3-6-25-16(10)15-12(13-7-11(2)21-24-13)8-19-17(20-15)22-5-4-18-14(23)9-22/h3,6-8H,4-5,9H2,1-2H3,(H,18,23). The Balaban J connectivity index is 1.82. The molecule has 0 radical (unpaired) electrons. The highest BCUT2D eigenvalue weighted by Gasteiger charge is 2.22. The van der Waals surface area contributed by atoms with Gasteiger partial charge < -0.3 is 14.7 Å². The number of nitrogens with zero attached hydrogens (tertiary/aromatic N) is 4. The van der Waals surface area contributed by atoms with Crippen LogP contribution in [0.5, 0.6) is 0 Å². The monoisotopic (exact) mass is 355 g/mol. The van der Waals surface area contributed by atoms with Crippen LogP contribution >= 0.6 is 11.3 Å². The van der Waals surface area contributed by atoms with E-state index in [1.54, 1.807) is 17.5 Å². The van der Waals surface area contributed by atoms with E-state index in [1.165, 1.54) is 0 Å². The molecule has 0 aliphatic carbocycles. The van der Waals surface area contributed by atoms with E-state index in [0.717, 1.165) is 27.4 Å². The SMILES string of the molecule is Cc1cc(-c2cnc(N3CCNC(=O)C3)nc2-c2sccc2C)on1. The van der Waals surface area contributed by atoms with Gasteiger partial charge in [0.05, 0.1) is 28.4 Å². The molecular weight excluding hydrogens is 338 g/mol. The molecule has 1 saturated heterocycles. The average molecular weight is 355 g/mol. The van der Waals surface area contributed by atoms with E-state index in [2.05, 4.69) is 28.4 Å². The molecule has 7 nitrogen and oxygen atoms in total. The summed E-state index contributed by atoms with van der Waals surface area (Å²) in [6.07, 6.45) is 1.75. The predicted octanol–water partition coefficient (Wildman–Crippen LogP) is 2.41. The van der Waals surface area contributed by atoms with Gasteiger partial charge in [-0.2, -0.15) is 0 Å². The zero-order valence-electron chi connectivity index (χ0n) is 13.9. The highest BCUT2D eigenvalue weighted by atomic mass is 32.1. The molecule has 8 heteroatoms. The van der Waals surface area contributed by atoms with Crippen LogP contribution < -0.4 is 10.2 Å². The van der Waals surface area contributed by atoms with Crippen LogP contribution in [-0.2, 0) is 4.79 Å². The molecule has 3 aromatic rings. The lowest BCUT2D eigenvalue weighted by molar-refractivity contribution is -0.120. The molecule has 128 valence electrons. The molecule has 25 heavy (non-hydrogen) atoms.